The normalized spacial score (nSPS) is 25.2. The number of nitrogens with one attached hydrogen (secondary N) is 1. The van der Waals surface area contributed by atoms with Gasteiger partial charge in [0.05, 0.1) is 0 Å². The molecule has 1 amide bonds. The molecule has 0 radical (unpaired) electrons. The molecule has 1 aromatic carbocycles. The number of carboxylic acid groups (broad SMARTS) is 1. The Kier molecular flexibility index (Phi) is 3.19. The lowest BCUT2D eigenvalue weighted by molar-refractivity contribution is 0.180. The van der Waals surface area contributed by atoms with Gasteiger partial charge in [-0.25, -0.2) is 4.79 Å². The topological polar surface area (TPSA) is 52.6 Å². The molecular formula is C15H20N2O2. The number of likely N-dealkylation sites (tertiary alicyclic amines) is 1. The summed E-state index contributed by atoms with van der Waals surface area (Å²) in [5.41, 5.74) is 1.22. The first-order valence-corrected chi connectivity index (χ1v) is 6.95. The molecule has 0 spiro atoms. The van der Waals surface area contributed by atoms with Crippen LogP contribution in [-0.2, 0) is 6.54 Å². The van der Waals surface area contributed by atoms with E-state index in [0.29, 0.717) is 5.92 Å². The van der Waals surface area contributed by atoms with E-state index in [1.54, 1.807) is 0 Å². The number of benzene rings is 1. The van der Waals surface area contributed by atoms with Gasteiger partial charge in [0.25, 0.3) is 0 Å². The van der Waals surface area contributed by atoms with Gasteiger partial charge in [0, 0.05) is 18.6 Å². The molecule has 2 N–H and O–H groups in total. The van der Waals surface area contributed by atoms with Crippen molar-refractivity contribution in [3.05, 3.63) is 35.9 Å². The van der Waals surface area contributed by atoms with Crippen LogP contribution in [0.5, 0.6) is 0 Å². The number of amides is 1. The summed E-state index contributed by atoms with van der Waals surface area (Å²) in [7, 11) is 0. The number of nitrogens with zero attached hydrogens (tertiary/aromatic N) is 1. The molecule has 1 unspecified atom stereocenters. The summed E-state index contributed by atoms with van der Waals surface area (Å²) >= 11 is 0. The number of rotatable bonds is 4. The van der Waals surface area contributed by atoms with E-state index in [4.69, 9.17) is 5.11 Å². The first kappa shape index (κ1) is 12.5. The Balaban J connectivity index is 1.57. The highest BCUT2D eigenvalue weighted by atomic mass is 16.4. The van der Waals surface area contributed by atoms with Gasteiger partial charge in [0.2, 0.25) is 0 Å². The molecule has 1 aliphatic carbocycles. The van der Waals surface area contributed by atoms with Gasteiger partial charge in [-0.3, -0.25) is 4.90 Å². The van der Waals surface area contributed by atoms with Crippen LogP contribution in [-0.4, -0.2) is 34.7 Å². The summed E-state index contributed by atoms with van der Waals surface area (Å²) in [5.74, 6) is 0.479. The fraction of sp³-hybridized carbons (Fsp3) is 0.533. The van der Waals surface area contributed by atoms with Crippen LogP contribution in [0.3, 0.4) is 0 Å². The Morgan fingerprint density at radius 2 is 2.11 bits per heavy atom. The van der Waals surface area contributed by atoms with Crippen LogP contribution in [0.25, 0.3) is 0 Å². The van der Waals surface area contributed by atoms with Gasteiger partial charge in [-0.2, -0.15) is 0 Å². The monoisotopic (exact) mass is 260 g/mol. The predicted molar refractivity (Wildman–Crippen MR) is 73.0 cm³/mol. The number of hydrogen-bond donors (Lipinski definition) is 2. The minimum absolute atomic E-state index is 0.114. The Bertz CT molecular complexity index is 456. The van der Waals surface area contributed by atoms with Crippen LogP contribution in [0.1, 0.15) is 24.8 Å². The smallest absolute Gasteiger partial charge is 0.405 e. The van der Waals surface area contributed by atoms with E-state index in [9.17, 15) is 4.79 Å². The Morgan fingerprint density at radius 1 is 1.37 bits per heavy atom. The van der Waals surface area contributed by atoms with E-state index in [2.05, 4.69) is 34.5 Å². The van der Waals surface area contributed by atoms with Gasteiger partial charge >= 0.3 is 6.09 Å². The maximum absolute atomic E-state index is 10.9. The molecule has 0 aromatic heterocycles. The van der Waals surface area contributed by atoms with Gasteiger partial charge in [-0.15, -0.1) is 0 Å². The summed E-state index contributed by atoms with van der Waals surface area (Å²) in [6, 6.07) is 10.5. The van der Waals surface area contributed by atoms with Gasteiger partial charge < -0.3 is 10.4 Å². The van der Waals surface area contributed by atoms with Gasteiger partial charge in [-0.1, -0.05) is 30.3 Å². The molecular weight excluding hydrogens is 240 g/mol. The molecule has 1 aliphatic heterocycles. The van der Waals surface area contributed by atoms with E-state index >= 15 is 0 Å². The minimum atomic E-state index is -0.876. The average molecular weight is 260 g/mol. The van der Waals surface area contributed by atoms with E-state index in [1.807, 2.05) is 6.07 Å². The first-order valence-electron chi connectivity index (χ1n) is 6.95. The largest absolute Gasteiger partial charge is 0.465 e. The lowest BCUT2D eigenvalue weighted by Crippen LogP contribution is -2.42. The third kappa shape index (κ3) is 2.73. The zero-order valence-corrected chi connectivity index (χ0v) is 11.0. The van der Waals surface area contributed by atoms with Gasteiger partial charge in [0.15, 0.2) is 0 Å². The third-order valence-electron chi connectivity index (χ3n) is 4.45. The molecule has 3 rings (SSSR count). The van der Waals surface area contributed by atoms with Crippen molar-refractivity contribution in [2.75, 3.05) is 13.1 Å². The molecule has 1 saturated heterocycles. The van der Waals surface area contributed by atoms with Crippen molar-refractivity contribution in [1.82, 2.24) is 10.2 Å². The van der Waals surface area contributed by atoms with Crippen LogP contribution in [0.2, 0.25) is 0 Å². The van der Waals surface area contributed by atoms with E-state index < -0.39 is 6.09 Å². The van der Waals surface area contributed by atoms with Crippen molar-refractivity contribution in [3.8, 4) is 0 Å². The number of carbonyl (C=O) groups is 1. The third-order valence-corrected chi connectivity index (χ3v) is 4.45. The Hall–Kier alpha value is -1.55. The average Bonchev–Trinajstić information content (AvgIpc) is 3.00. The van der Waals surface area contributed by atoms with Crippen LogP contribution >= 0.6 is 0 Å². The molecule has 0 bridgehead atoms. The second-order valence-corrected chi connectivity index (χ2v) is 5.79. The molecule has 1 atom stereocenters. The fourth-order valence-corrected chi connectivity index (χ4v) is 3.25. The molecule has 4 nitrogen and oxygen atoms in total. The van der Waals surface area contributed by atoms with E-state index in [-0.39, 0.29) is 5.54 Å². The molecule has 102 valence electrons. The van der Waals surface area contributed by atoms with Crippen molar-refractivity contribution >= 4 is 6.09 Å². The molecule has 2 aliphatic rings. The van der Waals surface area contributed by atoms with E-state index in [0.717, 1.165) is 38.9 Å². The molecule has 19 heavy (non-hydrogen) atoms. The SMILES string of the molecule is O=C(O)NC1(C2CCN(Cc3ccccc3)C2)CC1. The Morgan fingerprint density at radius 3 is 2.74 bits per heavy atom. The highest BCUT2D eigenvalue weighted by molar-refractivity contribution is 5.66. The molecule has 2 fully saturated rings. The van der Waals surface area contributed by atoms with Crippen LogP contribution < -0.4 is 5.32 Å². The van der Waals surface area contributed by atoms with Crippen molar-refractivity contribution in [2.45, 2.75) is 31.3 Å². The lowest BCUT2D eigenvalue weighted by atomic mass is 9.96. The summed E-state index contributed by atoms with van der Waals surface area (Å²) in [6.45, 7) is 3.05. The van der Waals surface area contributed by atoms with Crippen LogP contribution in [0.4, 0.5) is 4.79 Å². The zero-order valence-electron chi connectivity index (χ0n) is 11.0. The van der Waals surface area contributed by atoms with Gasteiger partial charge in [0.1, 0.15) is 0 Å². The maximum atomic E-state index is 10.9. The lowest BCUT2D eigenvalue weighted by Gasteiger charge is -2.23. The molecule has 4 heteroatoms. The van der Waals surface area contributed by atoms with Crippen LogP contribution in [0.15, 0.2) is 30.3 Å². The quantitative estimate of drug-likeness (QED) is 0.873. The molecule has 1 saturated carbocycles. The minimum Gasteiger partial charge on any atom is -0.465 e. The second kappa shape index (κ2) is 4.85. The molecule has 1 aromatic rings. The van der Waals surface area contributed by atoms with Crippen LogP contribution in [0, 0.1) is 5.92 Å². The first-order chi connectivity index (χ1) is 9.18. The summed E-state index contributed by atoms with van der Waals surface area (Å²) in [4.78, 5) is 13.3. The summed E-state index contributed by atoms with van der Waals surface area (Å²) in [5, 5.41) is 11.7. The predicted octanol–water partition coefficient (Wildman–Crippen LogP) is 2.31. The fourth-order valence-electron chi connectivity index (χ4n) is 3.25. The van der Waals surface area contributed by atoms with Crippen molar-refractivity contribution < 1.29 is 9.90 Å². The van der Waals surface area contributed by atoms with E-state index in [1.165, 1.54) is 5.56 Å². The number of hydrogen-bond acceptors (Lipinski definition) is 2. The van der Waals surface area contributed by atoms with Gasteiger partial charge in [-0.05, 0) is 37.3 Å². The highest BCUT2D eigenvalue weighted by Crippen LogP contribution is 2.46. The van der Waals surface area contributed by atoms with Crippen molar-refractivity contribution in [3.63, 3.8) is 0 Å². The second-order valence-electron chi connectivity index (χ2n) is 5.79. The maximum Gasteiger partial charge on any atom is 0.405 e. The summed E-state index contributed by atoms with van der Waals surface area (Å²) < 4.78 is 0. The summed E-state index contributed by atoms with van der Waals surface area (Å²) in [6.07, 6.45) is 2.23. The molecule has 1 heterocycles. The van der Waals surface area contributed by atoms with Crippen molar-refractivity contribution in [1.29, 1.82) is 0 Å². The Labute approximate surface area is 113 Å². The zero-order chi connectivity index (χ0) is 13.3. The standard InChI is InChI=1S/C15H20N2O2/c18-14(19)16-15(7-8-15)13-6-9-17(11-13)10-12-4-2-1-3-5-12/h1-5,13,16H,6-11H2,(H,18,19). The van der Waals surface area contributed by atoms with Crippen molar-refractivity contribution in [2.24, 2.45) is 5.92 Å². The highest BCUT2D eigenvalue weighted by Gasteiger charge is 2.52.